The van der Waals surface area contributed by atoms with Crippen LogP contribution in [0.5, 0.6) is 0 Å². The largest absolute Gasteiger partial charge is 0.490 e. The molecule has 1 amide bonds. The van der Waals surface area contributed by atoms with E-state index in [1.165, 1.54) is 4.31 Å². The predicted molar refractivity (Wildman–Crippen MR) is 119 cm³/mol. The van der Waals surface area contributed by atoms with E-state index in [-0.39, 0.29) is 18.2 Å². The van der Waals surface area contributed by atoms with Gasteiger partial charge < -0.3 is 15.3 Å². The van der Waals surface area contributed by atoms with Crippen molar-refractivity contribution in [3.63, 3.8) is 0 Å². The number of nitrogens with one attached hydrogen (secondary N) is 1. The third-order valence-corrected chi connectivity index (χ3v) is 6.80. The number of aliphatic carboxylic acids is 1. The molecule has 0 radical (unpaired) electrons. The average Bonchev–Trinajstić information content (AvgIpc) is 2.76. The van der Waals surface area contributed by atoms with Crippen molar-refractivity contribution in [3.05, 3.63) is 35.4 Å². The smallest absolute Gasteiger partial charge is 0.475 e. The van der Waals surface area contributed by atoms with Gasteiger partial charge in [0.05, 0.1) is 5.75 Å². The molecule has 1 fully saturated rings. The van der Waals surface area contributed by atoms with Crippen LogP contribution in [0.2, 0.25) is 0 Å². The Kier molecular flexibility index (Phi) is 11.8. The fourth-order valence-electron chi connectivity index (χ4n) is 3.02. The number of halogens is 3. The highest BCUT2D eigenvalue weighted by molar-refractivity contribution is 7.89. The van der Waals surface area contributed by atoms with Gasteiger partial charge in [0.25, 0.3) is 5.91 Å². The molecule has 1 aliphatic heterocycles. The lowest BCUT2D eigenvalue weighted by atomic mass is 10.1. The Hall–Kier alpha value is -2.18. The number of carbonyl (C=O) groups excluding carboxylic acids is 1. The first kappa shape index (κ1) is 28.9. The van der Waals surface area contributed by atoms with E-state index in [4.69, 9.17) is 9.90 Å². The summed E-state index contributed by atoms with van der Waals surface area (Å²) >= 11 is 0. The van der Waals surface area contributed by atoms with Crippen LogP contribution in [-0.2, 0) is 14.8 Å². The first-order chi connectivity index (χ1) is 15.4. The zero-order valence-electron chi connectivity index (χ0n) is 18.9. The number of hydrogen-bond acceptors (Lipinski definition) is 5. The number of hydrogen-bond donors (Lipinski definition) is 2. The molecule has 0 bridgehead atoms. The summed E-state index contributed by atoms with van der Waals surface area (Å²) in [6.45, 7) is 7.30. The SMILES string of the molecule is CCCCCN(CCS(=O)(=O)N1CCNCC1)C(=O)c1ccc(C)cc1.O=C(O)C(F)(F)F. The normalized spacial score (nSPS) is 14.8. The van der Waals surface area contributed by atoms with Crippen LogP contribution in [0, 0.1) is 6.92 Å². The highest BCUT2D eigenvalue weighted by atomic mass is 32.2. The molecule has 1 saturated heterocycles. The second-order valence-electron chi connectivity index (χ2n) is 7.63. The van der Waals surface area contributed by atoms with Crippen molar-refractivity contribution in [1.29, 1.82) is 0 Å². The first-order valence-corrected chi connectivity index (χ1v) is 12.3. The number of amides is 1. The number of nitrogens with zero attached hydrogens (tertiary/aromatic N) is 2. The molecule has 0 saturated carbocycles. The first-order valence-electron chi connectivity index (χ1n) is 10.7. The van der Waals surface area contributed by atoms with Crippen molar-refractivity contribution in [1.82, 2.24) is 14.5 Å². The third-order valence-electron chi connectivity index (χ3n) is 4.95. The lowest BCUT2D eigenvalue weighted by Crippen LogP contribution is -2.48. The topological polar surface area (TPSA) is 107 Å². The van der Waals surface area contributed by atoms with E-state index in [2.05, 4.69) is 12.2 Å². The van der Waals surface area contributed by atoms with E-state index in [0.717, 1.165) is 24.8 Å². The van der Waals surface area contributed by atoms with E-state index >= 15 is 0 Å². The van der Waals surface area contributed by atoms with Crippen LogP contribution in [0.4, 0.5) is 13.2 Å². The maximum absolute atomic E-state index is 12.9. The molecule has 0 aromatic heterocycles. The Bertz CT molecular complexity index is 855. The molecule has 0 unspecified atom stereocenters. The highest BCUT2D eigenvalue weighted by Crippen LogP contribution is 2.13. The molecule has 0 aliphatic carbocycles. The molecule has 8 nitrogen and oxygen atoms in total. The van der Waals surface area contributed by atoms with Gasteiger partial charge >= 0.3 is 12.1 Å². The van der Waals surface area contributed by atoms with Crippen LogP contribution in [-0.4, -0.2) is 85.8 Å². The zero-order chi connectivity index (χ0) is 25.1. The number of carboxylic acid groups (broad SMARTS) is 1. The minimum absolute atomic E-state index is 0.0171. The second kappa shape index (κ2) is 13.5. The molecule has 1 aliphatic rings. The Morgan fingerprint density at radius 3 is 2.12 bits per heavy atom. The summed E-state index contributed by atoms with van der Waals surface area (Å²) < 4.78 is 58.4. The summed E-state index contributed by atoms with van der Waals surface area (Å²) in [4.78, 5) is 23.4. The minimum Gasteiger partial charge on any atom is -0.475 e. The van der Waals surface area contributed by atoms with Gasteiger partial charge in [-0.05, 0) is 25.5 Å². The van der Waals surface area contributed by atoms with Crippen molar-refractivity contribution in [3.8, 4) is 0 Å². The van der Waals surface area contributed by atoms with Crippen molar-refractivity contribution in [2.45, 2.75) is 39.3 Å². The fourth-order valence-corrected chi connectivity index (χ4v) is 4.47. The van der Waals surface area contributed by atoms with Crippen LogP contribution in [0.25, 0.3) is 0 Å². The number of unbranched alkanes of at least 4 members (excludes halogenated alkanes) is 2. The number of carboxylic acids is 1. The number of aryl methyl sites for hydroxylation is 1. The van der Waals surface area contributed by atoms with E-state index in [0.29, 0.717) is 38.3 Å². The number of sulfonamides is 1. The molecule has 188 valence electrons. The third kappa shape index (κ3) is 10.5. The molecule has 1 heterocycles. The molecule has 2 rings (SSSR count). The van der Waals surface area contributed by atoms with Crippen LogP contribution in [0.1, 0.15) is 42.1 Å². The summed E-state index contributed by atoms with van der Waals surface area (Å²) in [7, 11) is -3.33. The van der Waals surface area contributed by atoms with Gasteiger partial charge in [0.15, 0.2) is 0 Å². The van der Waals surface area contributed by atoms with Crippen LogP contribution in [0.3, 0.4) is 0 Å². The predicted octanol–water partition coefficient (Wildman–Crippen LogP) is 2.50. The standard InChI is InChI=1S/C19H31N3O3S.C2HF3O2/c1-3-4-5-12-21(19(23)18-8-6-17(2)7-9-18)15-16-26(24,25)22-13-10-20-11-14-22;3-2(4,5)1(6)7/h6-9,20H,3-5,10-16H2,1-2H3;(H,6,7). The zero-order valence-corrected chi connectivity index (χ0v) is 19.7. The van der Waals surface area contributed by atoms with Crippen molar-refractivity contribution in [2.75, 3.05) is 45.0 Å². The summed E-state index contributed by atoms with van der Waals surface area (Å²) in [6, 6.07) is 7.45. The van der Waals surface area contributed by atoms with Gasteiger partial charge in [-0.15, -0.1) is 0 Å². The lowest BCUT2D eigenvalue weighted by molar-refractivity contribution is -0.192. The summed E-state index contributed by atoms with van der Waals surface area (Å²) in [5, 5.41) is 10.3. The lowest BCUT2D eigenvalue weighted by Gasteiger charge is -2.28. The number of carbonyl (C=O) groups is 2. The molecule has 12 heteroatoms. The van der Waals surface area contributed by atoms with Crippen molar-refractivity contribution >= 4 is 21.9 Å². The van der Waals surface area contributed by atoms with Gasteiger partial charge in [0.2, 0.25) is 10.0 Å². The number of benzene rings is 1. The van der Waals surface area contributed by atoms with E-state index in [1.807, 2.05) is 31.2 Å². The van der Waals surface area contributed by atoms with E-state index in [9.17, 15) is 26.4 Å². The van der Waals surface area contributed by atoms with Gasteiger partial charge in [0, 0.05) is 44.8 Å². The van der Waals surface area contributed by atoms with Crippen molar-refractivity contribution < 1.29 is 36.3 Å². The maximum Gasteiger partial charge on any atom is 0.490 e. The Morgan fingerprint density at radius 1 is 1.09 bits per heavy atom. The monoisotopic (exact) mass is 495 g/mol. The van der Waals surface area contributed by atoms with Gasteiger partial charge in [-0.3, -0.25) is 4.79 Å². The molecule has 1 aromatic rings. The van der Waals surface area contributed by atoms with Crippen LogP contribution >= 0.6 is 0 Å². The molecule has 33 heavy (non-hydrogen) atoms. The van der Waals surface area contributed by atoms with Gasteiger partial charge in [0.1, 0.15) is 0 Å². The van der Waals surface area contributed by atoms with Gasteiger partial charge in [-0.2, -0.15) is 17.5 Å². The highest BCUT2D eigenvalue weighted by Gasteiger charge is 2.38. The molecule has 0 atom stereocenters. The molecule has 0 spiro atoms. The van der Waals surface area contributed by atoms with Crippen LogP contribution < -0.4 is 5.32 Å². The molecular formula is C21H32F3N3O5S. The average molecular weight is 496 g/mol. The Balaban J connectivity index is 0.000000675. The van der Waals surface area contributed by atoms with E-state index in [1.54, 1.807) is 4.90 Å². The summed E-state index contributed by atoms with van der Waals surface area (Å²) in [5.41, 5.74) is 1.71. The number of piperazine rings is 1. The molecular weight excluding hydrogens is 463 g/mol. The second-order valence-corrected chi connectivity index (χ2v) is 9.72. The Labute approximate surface area is 192 Å². The number of alkyl halides is 3. The van der Waals surface area contributed by atoms with Crippen LogP contribution in [0.15, 0.2) is 24.3 Å². The Morgan fingerprint density at radius 2 is 1.64 bits per heavy atom. The van der Waals surface area contributed by atoms with Gasteiger partial charge in [-0.1, -0.05) is 37.5 Å². The minimum atomic E-state index is -5.08. The summed E-state index contributed by atoms with van der Waals surface area (Å²) in [6.07, 6.45) is -2.10. The van der Waals surface area contributed by atoms with Crippen molar-refractivity contribution in [2.24, 2.45) is 0 Å². The van der Waals surface area contributed by atoms with E-state index < -0.39 is 22.2 Å². The fraction of sp³-hybridized carbons (Fsp3) is 0.619. The maximum atomic E-state index is 12.9. The molecule has 1 aromatic carbocycles. The molecule has 2 N–H and O–H groups in total. The summed E-state index contributed by atoms with van der Waals surface area (Å²) in [5.74, 6) is -2.86. The number of rotatable bonds is 9. The van der Waals surface area contributed by atoms with Gasteiger partial charge in [-0.25, -0.2) is 13.2 Å². The quantitative estimate of drug-likeness (QED) is 0.510.